The summed E-state index contributed by atoms with van der Waals surface area (Å²) in [5.74, 6) is -2.90. The lowest BCUT2D eigenvalue weighted by atomic mass is 9.72. The molecule has 0 amide bonds. The molecule has 1 saturated carbocycles. The highest BCUT2D eigenvalue weighted by Gasteiger charge is 2.42. The van der Waals surface area contributed by atoms with Crippen molar-refractivity contribution in [2.45, 2.75) is 89.5 Å². The molecule has 1 aliphatic heterocycles. The Labute approximate surface area is 267 Å². The minimum absolute atomic E-state index is 0.0960. The topological polar surface area (TPSA) is 18.5 Å². The molecule has 2 aliphatic rings. The molecule has 254 valence electrons. The van der Waals surface area contributed by atoms with Gasteiger partial charge >= 0.3 is 12.3 Å². The molecule has 1 saturated heterocycles. The van der Waals surface area contributed by atoms with Gasteiger partial charge in [-0.1, -0.05) is 51.4 Å². The summed E-state index contributed by atoms with van der Waals surface area (Å²) in [6.45, 7) is 2.63. The summed E-state index contributed by atoms with van der Waals surface area (Å²) in [6, 6.07) is 4.64. The molecule has 3 aromatic rings. The van der Waals surface area contributed by atoms with E-state index in [1.807, 2.05) is 0 Å². The first-order valence-electron chi connectivity index (χ1n) is 15.9. The maximum absolute atomic E-state index is 15.1. The number of unbranched alkanes of at least 4 members (excludes halogenated alkanes) is 2. The van der Waals surface area contributed by atoms with Gasteiger partial charge in [0.05, 0.1) is 18.3 Å². The number of alkyl halides is 5. The molecule has 1 aliphatic carbocycles. The van der Waals surface area contributed by atoms with Crippen molar-refractivity contribution >= 4 is 10.8 Å². The Kier molecular flexibility index (Phi) is 10.7. The van der Waals surface area contributed by atoms with Crippen LogP contribution in [-0.2, 0) is 10.8 Å². The fourth-order valence-corrected chi connectivity index (χ4v) is 6.91. The van der Waals surface area contributed by atoms with Gasteiger partial charge in [0.1, 0.15) is 34.6 Å². The van der Waals surface area contributed by atoms with Crippen LogP contribution < -0.4 is 4.74 Å². The number of halogens is 9. The third-order valence-electron chi connectivity index (χ3n) is 9.39. The van der Waals surface area contributed by atoms with E-state index in [4.69, 9.17) is 4.74 Å². The predicted octanol–water partition coefficient (Wildman–Crippen LogP) is 11.3. The molecule has 2 fully saturated rings. The van der Waals surface area contributed by atoms with E-state index < -0.39 is 63.9 Å². The van der Waals surface area contributed by atoms with Crippen molar-refractivity contribution in [2.24, 2.45) is 17.8 Å². The molecule has 0 N–H and O–H groups in total. The second kappa shape index (κ2) is 14.4. The van der Waals surface area contributed by atoms with Crippen molar-refractivity contribution < 1.29 is 49.0 Å². The molecule has 0 spiro atoms. The van der Waals surface area contributed by atoms with Crippen molar-refractivity contribution in [2.75, 3.05) is 6.61 Å². The highest BCUT2D eigenvalue weighted by atomic mass is 19.4. The molecule has 0 radical (unpaired) electrons. The normalized spacial score (nSPS) is 22.2. The number of ether oxygens (including phenoxy) is 2. The fourth-order valence-electron chi connectivity index (χ4n) is 6.91. The van der Waals surface area contributed by atoms with Crippen molar-refractivity contribution in [3.8, 4) is 17.6 Å². The van der Waals surface area contributed by atoms with Gasteiger partial charge in [-0.25, -0.2) is 17.6 Å². The van der Waals surface area contributed by atoms with Crippen LogP contribution in [0.1, 0.15) is 93.9 Å². The van der Waals surface area contributed by atoms with Crippen LogP contribution in [-0.4, -0.2) is 12.8 Å². The van der Waals surface area contributed by atoms with Crippen molar-refractivity contribution in [1.29, 1.82) is 0 Å². The van der Waals surface area contributed by atoms with E-state index in [1.165, 1.54) is 44.4 Å². The molecule has 2 nitrogen and oxygen atoms in total. The first kappa shape index (κ1) is 34.9. The number of fused-ring (bicyclic) bond motifs is 1. The van der Waals surface area contributed by atoms with Crippen LogP contribution in [0.15, 0.2) is 36.4 Å². The summed E-state index contributed by atoms with van der Waals surface area (Å²) >= 11 is 0. The molecule has 1 heterocycles. The Morgan fingerprint density at radius 1 is 0.809 bits per heavy atom. The zero-order chi connectivity index (χ0) is 33.9. The molecule has 47 heavy (non-hydrogen) atoms. The van der Waals surface area contributed by atoms with E-state index in [2.05, 4.69) is 11.7 Å². The van der Waals surface area contributed by atoms with Crippen molar-refractivity contribution in [1.82, 2.24) is 0 Å². The average molecular weight is 671 g/mol. The molecule has 2 unspecified atom stereocenters. The number of hydrogen-bond acceptors (Lipinski definition) is 2. The van der Waals surface area contributed by atoms with Gasteiger partial charge < -0.3 is 9.47 Å². The Balaban J connectivity index is 1.24. The van der Waals surface area contributed by atoms with E-state index >= 15 is 17.6 Å². The van der Waals surface area contributed by atoms with Crippen LogP contribution in [0.2, 0.25) is 0 Å². The third kappa shape index (κ3) is 8.37. The lowest BCUT2D eigenvalue weighted by molar-refractivity contribution is -0.189. The van der Waals surface area contributed by atoms with Gasteiger partial charge in [-0.05, 0) is 90.8 Å². The second-order valence-corrected chi connectivity index (χ2v) is 12.6. The first-order chi connectivity index (χ1) is 22.3. The van der Waals surface area contributed by atoms with Crippen molar-refractivity contribution in [3.63, 3.8) is 0 Å². The van der Waals surface area contributed by atoms with Gasteiger partial charge in [0.2, 0.25) is 0 Å². The standard InChI is InChI=1S/C36H35F9O2/c1-2-3-4-5-21-6-8-22(9-7-21)23-10-13-32(46-20-23)25-18-30(38)33(31(39)19-25)36(44,45)47-26-11-12-27-24(16-26)17-29(37)28(34(27)40)14-15-35(41,42)43/h11-12,16-19,21-23,32H,2-10,13,20H2,1H3. The zero-order valence-corrected chi connectivity index (χ0v) is 25.8. The lowest BCUT2D eigenvalue weighted by Crippen LogP contribution is -2.30. The van der Waals surface area contributed by atoms with Crippen LogP contribution in [0.3, 0.4) is 0 Å². The Hall–Kier alpha value is -3.39. The molecular weight excluding hydrogens is 635 g/mol. The molecule has 11 heteroatoms. The predicted molar refractivity (Wildman–Crippen MR) is 159 cm³/mol. The second-order valence-electron chi connectivity index (χ2n) is 12.6. The third-order valence-corrected chi connectivity index (χ3v) is 9.39. The van der Waals surface area contributed by atoms with E-state index in [0.717, 1.165) is 61.4 Å². The minimum Gasteiger partial charge on any atom is -0.429 e. The largest absolute Gasteiger partial charge is 0.458 e. The minimum atomic E-state index is -5.00. The quantitative estimate of drug-likeness (QED) is 0.128. The lowest BCUT2D eigenvalue weighted by Gasteiger charge is -2.38. The average Bonchev–Trinajstić information content (AvgIpc) is 3.00. The SMILES string of the molecule is CCCCCC1CCC(C2CCC(c3cc(F)c(C(F)(F)Oc4ccc5c(F)c(C#CC(F)(F)F)c(F)cc5c4)c(F)c3)OC2)CC1. The van der Waals surface area contributed by atoms with Crippen molar-refractivity contribution in [3.05, 3.63) is 76.4 Å². The van der Waals surface area contributed by atoms with Gasteiger partial charge in [-0.15, -0.1) is 0 Å². The summed E-state index contributed by atoms with van der Waals surface area (Å²) in [4.78, 5) is 0. The molecule has 0 aromatic heterocycles. The van der Waals surface area contributed by atoms with Crippen LogP contribution in [0.5, 0.6) is 5.75 Å². The summed E-state index contributed by atoms with van der Waals surface area (Å²) in [6.07, 6.45) is 0.821. The Morgan fingerprint density at radius 3 is 2.11 bits per heavy atom. The van der Waals surface area contributed by atoms with Gasteiger partial charge in [0, 0.05) is 11.3 Å². The van der Waals surface area contributed by atoms with Gasteiger partial charge in [0.15, 0.2) is 0 Å². The van der Waals surface area contributed by atoms with Gasteiger partial charge in [-0.2, -0.15) is 22.0 Å². The van der Waals surface area contributed by atoms with Crippen LogP contribution >= 0.6 is 0 Å². The monoisotopic (exact) mass is 670 g/mol. The van der Waals surface area contributed by atoms with Crippen LogP contribution in [0.25, 0.3) is 10.8 Å². The molecule has 5 rings (SSSR count). The summed E-state index contributed by atoms with van der Waals surface area (Å²) in [7, 11) is 0. The molecule has 3 aromatic carbocycles. The number of hydrogen-bond donors (Lipinski definition) is 0. The van der Waals surface area contributed by atoms with Crippen LogP contribution in [0, 0.1) is 52.9 Å². The highest BCUT2D eigenvalue weighted by Crippen LogP contribution is 2.43. The summed E-state index contributed by atoms with van der Waals surface area (Å²) in [5.41, 5.74) is -2.71. The number of rotatable bonds is 9. The Morgan fingerprint density at radius 2 is 1.49 bits per heavy atom. The molecule has 2 atom stereocenters. The van der Waals surface area contributed by atoms with Gasteiger partial charge in [0.25, 0.3) is 0 Å². The smallest absolute Gasteiger partial charge is 0.429 e. The van der Waals surface area contributed by atoms with Gasteiger partial charge in [-0.3, -0.25) is 0 Å². The zero-order valence-electron chi connectivity index (χ0n) is 25.8. The van der Waals surface area contributed by atoms with E-state index in [-0.39, 0.29) is 10.9 Å². The molecular formula is C36H35F9O2. The Bertz CT molecular complexity index is 1600. The molecule has 0 bridgehead atoms. The van der Waals surface area contributed by atoms with Crippen LogP contribution in [0.4, 0.5) is 39.5 Å². The highest BCUT2D eigenvalue weighted by molar-refractivity contribution is 5.86. The van der Waals surface area contributed by atoms with E-state index in [9.17, 15) is 22.0 Å². The summed E-state index contributed by atoms with van der Waals surface area (Å²) < 4.78 is 137. The first-order valence-corrected chi connectivity index (χ1v) is 15.9. The number of benzene rings is 3. The summed E-state index contributed by atoms with van der Waals surface area (Å²) in [5, 5.41) is -0.782. The fraction of sp³-hybridized carbons (Fsp3) is 0.500. The maximum Gasteiger partial charge on any atom is 0.458 e. The van der Waals surface area contributed by atoms with E-state index in [1.54, 1.807) is 0 Å². The van der Waals surface area contributed by atoms with E-state index in [0.29, 0.717) is 30.9 Å². The maximum atomic E-state index is 15.1.